The first-order chi connectivity index (χ1) is 7.47. The smallest absolute Gasteiger partial charge is 0.236 e. The van der Waals surface area contributed by atoms with Gasteiger partial charge in [-0.05, 0) is 20.9 Å². The molecule has 1 heterocycles. The summed E-state index contributed by atoms with van der Waals surface area (Å²) in [6.45, 7) is 7.75. The zero-order valence-corrected chi connectivity index (χ0v) is 10.5. The zero-order chi connectivity index (χ0) is 12.2. The lowest BCUT2D eigenvalue weighted by Crippen LogP contribution is -2.52. The van der Waals surface area contributed by atoms with E-state index in [1.165, 1.54) is 0 Å². The topological polar surface area (TPSA) is 58.8 Å². The molecule has 5 heteroatoms. The average molecular weight is 229 g/mol. The van der Waals surface area contributed by atoms with Gasteiger partial charge in [-0.3, -0.25) is 9.69 Å². The Balaban J connectivity index is 2.43. The Morgan fingerprint density at radius 2 is 2.00 bits per heavy atom. The van der Waals surface area contributed by atoms with Crippen LogP contribution in [-0.4, -0.2) is 67.7 Å². The van der Waals surface area contributed by atoms with Crippen molar-refractivity contribution < 1.29 is 9.53 Å². The molecule has 0 saturated carbocycles. The molecule has 0 radical (unpaired) electrons. The molecule has 0 aromatic rings. The fourth-order valence-electron chi connectivity index (χ4n) is 1.49. The lowest BCUT2D eigenvalue weighted by Gasteiger charge is -2.36. The summed E-state index contributed by atoms with van der Waals surface area (Å²) < 4.78 is 5.22. The van der Waals surface area contributed by atoms with Gasteiger partial charge in [-0.2, -0.15) is 0 Å². The van der Waals surface area contributed by atoms with Crippen LogP contribution in [0.1, 0.15) is 13.8 Å². The quantitative estimate of drug-likeness (QED) is 0.707. The fraction of sp³-hybridized carbons (Fsp3) is 0.909. The number of likely N-dealkylation sites (N-methyl/N-ethyl adjacent to an activating group) is 1. The molecule has 0 bridgehead atoms. The number of ether oxygens (including phenoxy) is 1. The van der Waals surface area contributed by atoms with Gasteiger partial charge in [-0.1, -0.05) is 0 Å². The third-order valence-corrected chi connectivity index (χ3v) is 3.27. The minimum Gasteiger partial charge on any atom is -0.378 e. The van der Waals surface area contributed by atoms with E-state index in [1.54, 1.807) is 0 Å². The van der Waals surface area contributed by atoms with Gasteiger partial charge in [0.05, 0.1) is 19.8 Å². The summed E-state index contributed by atoms with van der Waals surface area (Å²) >= 11 is 0. The summed E-state index contributed by atoms with van der Waals surface area (Å²) in [4.78, 5) is 15.8. The maximum atomic E-state index is 12.0. The van der Waals surface area contributed by atoms with Crippen LogP contribution in [0.2, 0.25) is 0 Å². The summed E-state index contributed by atoms with van der Waals surface area (Å²) in [5.41, 5.74) is 5.54. The number of hydrogen-bond acceptors (Lipinski definition) is 4. The van der Waals surface area contributed by atoms with Gasteiger partial charge in [0.25, 0.3) is 0 Å². The number of carbonyl (C=O) groups is 1. The van der Waals surface area contributed by atoms with Gasteiger partial charge < -0.3 is 15.4 Å². The highest BCUT2D eigenvalue weighted by Gasteiger charge is 2.26. The molecule has 0 aromatic carbocycles. The molecule has 1 rings (SSSR count). The summed E-state index contributed by atoms with van der Waals surface area (Å²) in [7, 11) is 1.94. The number of nitrogens with two attached hydrogens (primary N) is 1. The lowest BCUT2D eigenvalue weighted by atomic mass is 10.0. The third kappa shape index (κ3) is 3.43. The molecule has 1 saturated heterocycles. The van der Waals surface area contributed by atoms with Crippen molar-refractivity contribution >= 4 is 5.91 Å². The van der Waals surface area contributed by atoms with E-state index >= 15 is 0 Å². The molecule has 0 unspecified atom stereocenters. The highest BCUT2D eigenvalue weighted by atomic mass is 16.5. The van der Waals surface area contributed by atoms with Gasteiger partial charge in [0.2, 0.25) is 5.91 Å². The van der Waals surface area contributed by atoms with E-state index < -0.39 is 0 Å². The fourth-order valence-corrected chi connectivity index (χ4v) is 1.49. The van der Waals surface area contributed by atoms with Crippen molar-refractivity contribution in [3.63, 3.8) is 0 Å². The third-order valence-electron chi connectivity index (χ3n) is 3.27. The van der Waals surface area contributed by atoms with Gasteiger partial charge in [-0.25, -0.2) is 0 Å². The molecule has 0 aliphatic carbocycles. The first-order valence-corrected chi connectivity index (χ1v) is 5.74. The molecule has 2 N–H and O–H groups in total. The zero-order valence-electron chi connectivity index (χ0n) is 10.5. The van der Waals surface area contributed by atoms with Gasteiger partial charge >= 0.3 is 0 Å². The van der Waals surface area contributed by atoms with Crippen molar-refractivity contribution in [2.24, 2.45) is 5.73 Å². The molecule has 0 atom stereocenters. The van der Waals surface area contributed by atoms with E-state index in [0.717, 1.165) is 0 Å². The minimum atomic E-state index is -0.137. The Morgan fingerprint density at radius 3 is 2.50 bits per heavy atom. The first-order valence-electron chi connectivity index (χ1n) is 5.74. The van der Waals surface area contributed by atoms with Crippen molar-refractivity contribution in [1.82, 2.24) is 9.80 Å². The van der Waals surface area contributed by atoms with Crippen LogP contribution in [0.3, 0.4) is 0 Å². The van der Waals surface area contributed by atoms with Crippen LogP contribution in [0.25, 0.3) is 0 Å². The van der Waals surface area contributed by atoms with Gasteiger partial charge in [0.15, 0.2) is 0 Å². The predicted molar refractivity (Wildman–Crippen MR) is 63.2 cm³/mol. The van der Waals surface area contributed by atoms with E-state index in [-0.39, 0.29) is 11.4 Å². The summed E-state index contributed by atoms with van der Waals surface area (Å²) in [5, 5.41) is 0. The average Bonchev–Trinajstić information content (AvgIpc) is 2.30. The van der Waals surface area contributed by atoms with E-state index in [4.69, 9.17) is 10.5 Å². The Morgan fingerprint density at radius 1 is 1.44 bits per heavy atom. The van der Waals surface area contributed by atoms with Crippen LogP contribution in [0.15, 0.2) is 0 Å². The van der Waals surface area contributed by atoms with E-state index in [0.29, 0.717) is 39.4 Å². The SMILES string of the molecule is CN(CC(=O)N1CCOCC1)C(C)(C)CN. The number of carbonyl (C=O) groups excluding carboxylic acids is 1. The Hall–Kier alpha value is -0.650. The second-order valence-electron chi connectivity index (χ2n) is 4.87. The molecule has 0 spiro atoms. The molecule has 0 aromatic heterocycles. The van der Waals surface area contributed by atoms with Crippen LogP contribution in [-0.2, 0) is 9.53 Å². The Kier molecular flexibility index (Phi) is 4.70. The second kappa shape index (κ2) is 5.61. The molecular formula is C11H23N3O2. The maximum absolute atomic E-state index is 12.0. The number of rotatable bonds is 4. The van der Waals surface area contributed by atoms with Crippen LogP contribution in [0.5, 0.6) is 0 Å². The predicted octanol–water partition coefficient (Wildman–Crippen LogP) is -0.486. The largest absolute Gasteiger partial charge is 0.378 e. The van der Waals surface area contributed by atoms with Gasteiger partial charge in [0, 0.05) is 25.2 Å². The van der Waals surface area contributed by atoms with Gasteiger partial charge in [0.1, 0.15) is 0 Å². The first kappa shape index (κ1) is 13.4. The van der Waals surface area contributed by atoms with Crippen molar-refractivity contribution in [2.75, 3.05) is 46.4 Å². The second-order valence-corrected chi connectivity index (χ2v) is 4.87. The van der Waals surface area contributed by atoms with E-state index in [9.17, 15) is 4.79 Å². The van der Waals surface area contributed by atoms with Crippen LogP contribution < -0.4 is 5.73 Å². The molecular weight excluding hydrogens is 206 g/mol. The molecule has 94 valence electrons. The molecule has 1 fully saturated rings. The Bertz CT molecular complexity index is 237. The van der Waals surface area contributed by atoms with Crippen molar-refractivity contribution in [2.45, 2.75) is 19.4 Å². The molecule has 16 heavy (non-hydrogen) atoms. The van der Waals surface area contributed by atoms with E-state index in [1.807, 2.05) is 30.7 Å². The Labute approximate surface area is 97.5 Å². The van der Waals surface area contributed by atoms with Gasteiger partial charge in [-0.15, -0.1) is 0 Å². The maximum Gasteiger partial charge on any atom is 0.236 e. The van der Waals surface area contributed by atoms with Crippen LogP contribution in [0.4, 0.5) is 0 Å². The highest BCUT2D eigenvalue weighted by molar-refractivity contribution is 5.78. The van der Waals surface area contributed by atoms with Crippen molar-refractivity contribution in [1.29, 1.82) is 0 Å². The van der Waals surface area contributed by atoms with Crippen LogP contribution in [0, 0.1) is 0 Å². The van der Waals surface area contributed by atoms with Crippen LogP contribution >= 0.6 is 0 Å². The number of hydrogen-bond donors (Lipinski definition) is 1. The summed E-state index contributed by atoms with van der Waals surface area (Å²) in [5.74, 6) is 0.160. The normalized spacial score (nSPS) is 17.9. The number of morpholine rings is 1. The standard InChI is InChI=1S/C11H23N3O2/c1-11(2,9-12)13(3)8-10(15)14-4-6-16-7-5-14/h4-9,12H2,1-3H3. The van der Waals surface area contributed by atoms with Crippen molar-refractivity contribution in [3.8, 4) is 0 Å². The number of amides is 1. The summed E-state index contributed by atoms with van der Waals surface area (Å²) in [6, 6.07) is 0. The highest BCUT2D eigenvalue weighted by Crippen LogP contribution is 2.10. The molecule has 5 nitrogen and oxygen atoms in total. The molecule has 1 aliphatic rings. The van der Waals surface area contributed by atoms with E-state index in [2.05, 4.69) is 0 Å². The minimum absolute atomic E-state index is 0.137. The summed E-state index contributed by atoms with van der Waals surface area (Å²) in [6.07, 6.45) is 0. The number of nitrogens with zero attached hydrogens (tertiary/aromatic N) is 2. The molecule has 1 amide bonds. The van der Waals surface area contributed by atoms with Crippen molar-refractivity contribution in [3.05, 3.63) is 0 Å². The lowest BCUT2D eigenvalue weighted by molar-refractivity contribution is -0.137. The molecule has 1 aliphatic heterocycles. The monoisotopic (exact) mass is 229 g/mol.